The van der Waals surface area contributed by atoms with Crippen LogP contribution in [-0.2, 0) is 6.54 Å². The molecule has 1 aliphatic heterocycles. The summed E-state index contributed by atoms with van der Waals surface area (Å²) in [5.41, 5.74) is 5.24. The Morgan fingerprint density at radius 3 is 2.72 bits per heavy atom. The van der Waals surface area contributed by atoms with E-state index in [0.717, 1.165) is 16.7 Å². The molecular formula is C19H12FN3OS. The predicted molar refractivity (Wildman–Crippen MR) is 93.6 cm³/mol. The quantitative estimate of drug-likeness (QED) is 0.759. The van der Waals surface area contributed by atoms with Crippen molar-refractivity contribution in [1.29, 1.82) is 5.26 Å². The molecule has 25 heavy (non-hydrogen) atoms. The average molecular weight is 349 g/mol. The number of benzene rings is 2. The Morgan fingerprint density at radius 2 is 2.00 bits per heavy atom. The number of amides is 1. The molecule has 0 spiro atoms. The van der Waals surface area contributed by atoms with Crippen LogP contribution >= 0.6 is 11.5 Å². The summed E-state index contributed by atoms with van der Waals surface area (Å²) in [5.74, 6) is -0.637. The largest absolute Gasteiger partial charge is 0.348 e. The molecular weight excluding hydrogens is 337 g/mol. The minimum absolute atomic E-state index is 0.160. The molecule has 2 aromatic carbocycles. The van der Waals surface area contributed by atoms with Crippen LogP contribution in [0.5, 0.6) is 0 Å². The van der Waals surface area contributed by atoms with Crippen LogP contribution in [0.1, 0.15) is 27.0 Å². The first-order chi connectivity index (χ1) is 12.1. The van der Waals surface area contributed by atoms with Crippen molar-refractivity contribution >= 4 is 17.4 Å². The minimum atomic E-state index is -0.477. The molecule has 1 aliphatic rings. The summed E-state index contributed by atoms with van der Waals surface area (Å²) in [5, 5.41) is 13.8. The highest BCUT2D eigenvalue weighted by molar-refractivity contribution is 7.03. The maximum absolute atomic E-state index is 14.6. The summed E-state index contributed by atoms with van der Waals surface area (Å²) in [6, 6.07) is 8.47. The lowest BCUT2D eigenvalue weighted by Crippen LogP contribution is -2.12. The van der Waals surface area contributed by atoms with Gasteiger partial charge < -0.3 is 5.32 Å². The van der Waals surface area contributed by atoms with Crippen molar-refractivity contribution < 1.29 is 9.18 Å². The summed E-state index contributed by atoms with van der Waals surface area (Å²) in [6.45, 7) is 2.22. The van der Waals surface area contributed by atoms with E-state index < -0.39 is 5.82 Å². The van der Waals surface area contributed by atoms with Crippen LogP contribution in [0, 0.1) is 24.1 Å². The van der Waals surface area contributed by atoms with Gasteiger partial charge in [0.05, 0.1) is 11.6 Å². The summed E-state index contributed by atoms with van der Waals surface area (Å²) < 4.78 is 18.7. The molecule has 0 saturated carbocycles. The van der Waals surface area contributed by atoms with E-state index in [1.807, 2.05) is 17.5 Å². The maximum Gasteiger partial charge on any atom is 0.251 e. The number of aryl methyl sites for hydroxylation is 1. The second-order valence-corrected chi connectivity index (χ2v) is 6.56. The van der Waals surface area contributed by atoms with Crippen LogP contribution < -0.4 is 5.32 Å². The lowest BCUT2D eigenvalue weighted by Gasteiger charge is -2.12. The fraction of sp³-hybridized carbons (Fsp3) is 0.105. The van der Waals surface area contributed by atoms with Crippen molar-refractivity contribution in [2.24, 2.45) is 0 Å². The molecule has 4 nitrogen and oxygen atoms in total. The fourth-order valence-electron chi connectivity index (χ4n) is 3.10. The van der Waals surface area contributed by atoms with E-state index >= 15 is 0 Å². The third-order valence-corrected chi connectivity index (χ3v) is 5.00. The molecule has 3 aromatic rings. The van der Waals surface area contributed by atoms with Gasteiger partial charge in [0, 0.05) is 34.8 Å². The normalized spacial score (nSPS) is 12.6. The van der Waals surface area contributed by atoms with E-state index in [-0.39, 0.29) is 5.91 Å². The number of rotatable bonds is 2. The monoisotopic (exact) mass is 349 g/mol. The standard InChI is InChI=1S/C19H12FN3OS/c1-10-2-15(18(20)5-12(10)6-21)11-3-14(13-7-23-25-9-13)17-8-22-19(24)16(17)4-11/h2-5,7,9H,8H2,1H3,(H,22,24). The Balaban J connectivity index is 1.97. The van der Waals surface area contributed by atoms with Gasteiger partial charge in [0.2, 0.25) is 0 Å². The molecule has 0 atom stereocenters. The molecule has 0 saturated heterocycles. The lowest BCUT2D eigenvalue weighted by atomic mass is 9.91. The van der Waals surface area contributed by atoms with E-state index in [2.05, 4.69) is 9.69 Å². The van der Waals surface area contributed by atoms with E-state index in [0.29, 0.717) is 34.4 Å². The topological polar surface area (TPSA) is 65.8 Å². The van der Waals surface area contributed by atoms with Gasteiger partial charge in [-0.25, -0.2) is 8.76 Å². The number of nitriles is 1. The highest BCUT2D eigenvalue weighted by Crippen LogP contribution is 2.36. The zero-order chi connectivity index (χ0) is 17.6. The van der Waals surface area contributed by atoms with Crippen molar-refractivity contribution in [3.63, 3.8) is 0 Å². The van der Waals surface area contributed by atoms with Gasteiger partial charge in [-0.05, 0) is 65.0 Å². The number of hydrogen-bond donors (Lipinski definition) is 1. The summed E-state index contributed by atoms with van der Waals surface area (Å²) in [7, 11) is 0. The third kappa shape index (κ3) is 2.49. The number of carbonyl (C=O) groups excluding carboxylic acids is 1. The molecule has 2 heterocycles. The van der Waals surface area contributed by atoms with Crippen molar-refractivity contribution in [1.82, 2.24) is 9.69 Å². The van der Waals surface area contributed by atoms with Gasteiger partial charge in [0.25, 0.3) is 5.91 Å². The maximum atomic E-state index is 14.6. The lowest BCUT2D eigenvalue weighted by molar-refractivity contribution is 0.0966. The Bertz CT molecular complexity index is 1050. The number of nitrogens with zero attached hydrogens (tertiary/aromatic N) is 2. The zero-order valence-corrected chi connectivity index (χ0v) is 14.1. The van der Waals surface area contributed by atoms with Crippen LogP contribution in [0.4, 0.5) is 4.39 Å². The van der Waals surface area contributed by atoms with E-state index in [1.165, 1.54) is 17.6 Å². The minimum Gasteiger partial charge on any atom is -0.348 e. The third-order valence-electron chi connectivity index (χ3n) is 4.41. The fourth-order valence-corrected chi connectivity index (χ4v) is 3.64. The zero-order valence-electron chi connectivity index (χ0n) is 13.3. The van der Waals surface area contributed by atoms with Gasteiger partial charge in [0.1, 0.15) is 5.82 Å². The van der Waals surface area contributed by atoms with Gasteiger partial charge in [-0.1, -0.05) is 0 Å². The number of halogens is 1. The van der Waals surface area contributed by atoms with Crippen LogP contribution in [0.3, 0.4) is 0 Å². The van der Waals surface area contributed by atoms with Gasteiger partial charge in [0.15, 0.2) is 0 Å². The molecule has 1 amide bonds. The first-order valence-corrected chi connectivity index (χ1v) is 8.47. The molecule has 1 N–H and O–H groups in total. The number of carbonyl (C=O) groups is 1. The molecule has 1 aromatic heterocycles. The molecule has 4 rings (SSSR count). The predicted octanol–water partition coefficient (Wildman–Crippen LogP) is 4.04. The van der Waals surface area contributed by atoms with Crippen molar-refractivity contribution in [3.05, 3.63) is 63.9 Å². The van der Waals surface area contributed by atoms with Gasteiger partial charge in [-0.15, -0.1) is 0 Å². The summed E-state index contributed by atoms with van der Waals surface area (Å²) in [4.78, 5) is 12.2. The van der Waals surface area contributed by atoms with E-state index in [9.17, 15) is 9.18 Å². The van der Waals surface area contributed by atoms with E-state index in [4.69, 9.17) is 5.26 Å². The molecule has 0 radical (unpaired) electrons. The number of nitrogens with one attached hydrogen (secondary N) is 1. The van der Waals surface area contributed by atoms with Crippen LogP contribution in [0.2, 0.25) is 0 Å². The molecule has 122 valence electrons. The van der Waals surface area contributed by atoms with Gasteiger partial charge in [-0.2, -0.15) is 5.26 Å². The SMILES string of the molecule is Cc1cc(-c2cc3c(c(-c4cnsc4)c2)CNC3=O)c(F)cc1C#N. The smallest absolute Gasteiger partial charge is 0.251 e. The Labute approximate surface area is 147 Å². The van der Waals surface area contributed by atoms with Crippen molar-refractivity contribution in [2.75, 3.05) is 0 Å². The van der Waals surface area contributed by atoms with Crippen molar-refractivity contribution in [3.8, 4) is 28.3 Å². The van der Waals surface area contributed by atoms with Gasteiger partial charge in [-0.3, -0.25) is 4.79 Å². The van der Waals surface area contributed by atoms with Gasteiger partial charge >= 0.3 is 0 Å². The summed E-state index contributed by atoms with van der Waals surface area (Å²) >= 11 is 1.33. The second-order valence-electron chi connectivity index (χ2n) is 5.90. The molecule has 0 unspecified atom stereocenters. The van der Waals surface area contributed by atoms with E-state index in [1.54, 1.807) is 25.3 Å². The number of aromatic nitrogens is 1. The second kappa shape index (κ2) is 5.80. The Hall–Kier alpha value is -3.04. The first-order valence-electron chi connectivity index (χ1n) is 7.64. The highest BCUT2D eigenvalue weighted by atomic mass is 32.1. The Kier molecular flexibility index (Phi) is 3.59. The van der Waals surface area contributed by atoms with Crippen LogP contribution in [-0.4, -0.2) is 10.3 Å². The first kappa shape index (κ1) is 15.5. The molecule has 0 fully saturated rings. The molecule has 0 bridgehead atoms. The average Bonchev–Trinajstić information content (AvgIpc) is 3.26. The molecule has 6 heteroatoms. The molecule has 0 aliphatic carbocycles. The highest BCUT2D eigenvalue weighted by Gasteiger charge is 2.25. The number of fused-ring (bicyclic) bond motifs is 1. The Morgan fingerprint density at radius 1 is 1.20 bits per heavy atom. The van der Waals surface area contributed by atoms with Crippen LogP contribution in [0.25, 0.3) is 22.3 Å². The van der Waals surface area contributed by atoms with Crippen molar-refractivity contribution in [2.45, 2.75) is 13.5 Å². The van der Waals surface area contributed by atoms with Crippen LogP contribution in [0.15, 0.2) is 35.8 Å². The number of hydrogen-bond acceptors (Lipinski definition) is 4. The summed E-state index contributed by atoms with van der Waals surface area (Å²) in [6.07, 6.45) is 1.74.